The molecule has 33 heavy (non-hydrogen) atoms. The molecule has 2 aromatic carbocycles. The Balaban J connectivity index is 0. The van der Waals surface area contributed by atoms with Gasteiger partial charge in [-0.1, -0.05) is 24.3 Å². The van der Waals surface area contributed by atoms with Crippen LogP contribution in [-0.4, -0.2) is 52.6 Å². The number of carbonyl (C=O) groups is 3. The first-order chi connectivity index (χ1) is 14.7. The Hall–Kier alpha value is -3.49. The number of carboxylic acid groups (broad SMARTS) is 1. The third kappa shape index (κ3) is 12.2. The van der Waals surface area contributed by atoms with Gasteiger partial charge in [-0.15, -0.1) is 0 Å². The van der Waals surface area contributed by atoms with Gasteiger partial charge in [0.2, 0.25) is 0 Å². The van der Waals surface area contributed by atoms with Crippen LogP contribution in [0, 0.1) is 0 Å². The summed E-state index contributed by atoms with van der Waals surface area (Å²) in [4.78, 5) is 32.9. The van der Waals surface area contributed by atoms with Crippen molar-refractivity contribution in [2.75, 3.05) is 14.2 Å². The van der Waals surface area contributed by atoms with Crippen LogP contribution in [0.4, 0.5) is 0 Å². The number of benzene rings is 2. The Morgan fingerprint density at radius 2 is 1.15 bits per heavy atom. The van der Waals surface area contributed by atoms with E-state index in [-0.39, 0.29) is 54.4 Å². The second kappa shape index (κ2) is 16.2. The molecule has 0 saturated carbocycles. The third-order valence-corrected chi connectivity index (χ3v) is 3.68. The Kier molecular flexibility index (Phi) is 15.6. The maximum atomic E-state index is 11.9. The maximum absolute atomic E-state index is 11.9. The number of phenols is 2. The quantitative estimate of drug-likeness (QED) is 0.277. The molecule has 0 amide bonds. The topological polar surface area (TPSA) is 162 Å². The van der Waals surface area contributed by atoms with Crippen LogP contribution in [0.5, 0.6) is 23.0 Å². The molecule has 9 nitrogen and oxygen atoms in total. The Morgan fingerprint density at radius 3 is 1.45 bits per heavy atom. The van der Waals surface area contributed by atoms with Gasteiger partial charge in [0.15, 0.2) is 34.6 Å². The van der Waals surface area contributed by atoms with E-state index in [1.165, 1.54) is 38.5 Å². The van der Waals surface area contributed by atoms with E-state index < -0.39 is 5.97 Å². The molecule has 0 aliphatic rings. The Labute approximate surface area is 204 Å². The van der Waals surface area contributed by atoms with Gasteiger partial charge >= 0.3 is 19.5 Å². The summed E-state index contributed by atoms with van der Waals surface area (Å²) in [6.45, 7) is 1.08. The normalized spacial score (nSPS) is 9.79. The van der Waals surface area contributed by atoms with Crippen molar-refractivity contribution >= 4 is 29.7 Å². The first-order valence-corrected chi connectivity index (χ1v) is 9.01. The third-order valence-electron chi connectivity index (χ3n) is 3.68. The van der Waals surface area contributed by atoms with Crippen molar-refractivity contribution in [2.24, 2.45) is 0 Å². The van der Waals surface area contributed by atoms with Crippen LogP contribution in [0.15, 0.2) is 48.6 Å². The Morgan fingerprint density at radius 1 is 0.818 bits per heavy atom. The SMILES string of the molecule is CC(=O)O.COc1cc(/C=C/C(=O)CC(=O)/C=C/c2ccc(O)c(OC)c2)ccc1O.O.[Zn+2]. The monoisotopic (exact) mass is 510 g/mol. The number of aromatic hydroxyl groups is 2. The molecule has 0 fully saturated rings. The van der Waals surface area contributed by atoms with Gasteiger partial charge in [-0.25, -0.2) is 0 Å². The molecule has 2 rings (SSSR count). The van der Waals surface area contributed by atoms with Gasteiger partial charge in [0.25, 0.3) is 5.97 Å². The average molecular weight is 512 g/mol. The minimum absolute atomic E-state index is 0. The molecule has 0 atom stereocenters. The molecule has 0 radical (unpaired) electrons. The van der Waals surface area contributed by atoms with Gasteiger partial charge in [-0.2, -0.15) is 0 Å². The van der Waals surface area contributed by atoms with Crippen molar-refractivity contribution in [3.63, 3.8) is 0 Å². The number of hydrogen-bond acceptors (Lipinski definition) is 7. The molecule has 5 N–H and O–H groups in total. The molecule has 0 bridgehead atoms. The van der Waals surface area contributed by atoms with Crippen molar-refractivity contribution < 1.29 is 64.1 Å². The van der Waals surface area contributed by atoms with Gasteiger partial charge in [0.1, 0.15) is 0 Å². The van der Waals surface area contributed by atoms with E-state index in [2.05, 4.69) is 0 Å². The summed E-state index contributed by atoms with van der Waals surface area (Å²) in [5.74, 6) is -0.917. The summed E-state index contributed by atoms with van der Waals surface area (Å²) in [7, 11) is 2.87. The van der Waals surface area contributed by atoms with Crippen LogP contribution in [0.1, 0.15) is 24.5 Å². The van der Waals surface area contributed by atoms with Crippen LogP contribution in [0.25, 0.3) is 12.2 Å². The molecule has 10 heteroatoms. The maximum Gasteiger partial charge on any atom is 2.00 e. The number of carboxylic acids is 1. The number of ether oxygens (including phenoxy) is 2. The van der Waals surface area contributed by atoms with Gasteiger partial charge in [0, 0.05) is 6.92 Å². The smallest absolute Gasteiger partial charge is 0.504 e. The van der Waals surface area contributed by atoms with Crippen LogP contribution < -0.4 is 9.47 Å². The molecule has 0 aromatic heterocycles. The molecule has 2 aromatic rings. The molecule has 0 saturated heterocycles. The van der Waals surface area contributed by atoms with Crippen LogP contribution in [0.3, 0.4) is 0 Å². The summed E-state index contributed by atoms with van der Waals surface area (Å²) in [6, 6.07) is 9.34. The number of allylic oxidation sites excluding steroid dienone is 2. The van der Waals surface area contributed by atoms with Crippen molar-refractivity contribution in [1.29, 1.82) is 0 Å². The fourth-order valence-electron chi connectivity index (χ4n) is 2.26. The zero-order valence-electron chi connectivity index (χ0n) is 18.6. The summed E-state index contributed by atoms with van der Waals surface area (Å²) in [5.41, 5.74) is 1.33. The molecular formula is C23H26O9Zn+2. The summed E-state index contributed by atoms with van der Waals surface area (Å²) < 4.78 is 10.00. The van der Waals surface area contributed by atoms with E-state index in [1.807, 2.05) is 0 Å². The number of carbonyl (C=O) groups excluding carboxylic acids is 2. The van der Waals surface area contributed by atoms with Crippen molar-refractivity contribution in [1.82, 2.24) is 0 Å². The molecule has 0 aliphatic carbocycles. The predicted octanol–water partition coefficient (Wildman–Crippen LogP) is 2.63. The van der Waals surface area contributed by atoms with Crippen molar-refractivity contribution in [3.8, 4) is 23.0 Å². The molecule has 0 unspecified atom stereocenters. The van der Waals surface area contributed by atoms with E-state index in [0.717, 1.165) is 6.92 Å². The molecule has 0 spiro atoms. The minimum atomic E-state index is -0.833. The summed E-state index contributed by atoms with van der Waals surface area (Å²) >= 11 is 0. The van der Waals surface area contributed by atoms with E-state index >= 15 is 0 Å². The van der Waals surface area contributed by atoms with Gasteiger partial charge < -0.3 is 30.3 Å². The van der Waals surface area contributed by atoms with Crippen LogP contribution in [-0.2, 0) is 33.9 Å². The molecule has 0 aliphatic heterocycles. The first kappa shape index (κ1) is 31.7. The molecular weight excluding hydrogens is 486 g/mol. The summed E-state index contributed by atoms with van der Waals surface area (Å²) in [5, 5.41) is 26.5. The fraction of sp³-hybridized carbons (Fsp3) is 0.174. The van der Waals surface area contributed by atoms with Gasteiger partial charge in [0.05, 0.1) is 20.6 Å². The minimum Gasteiger partial charge on any atom is -0.504 e. The van der Waals surface area contributed by atoms with E-state index in [4.69, 9.17) is 19.4 Å². The second-order valence-corrected chi connectivity index (χ2v) is 6.16. The predicted molar refractivity (Wildman–Crippen MR) is 119 cm³/mol. The largest absolute Gasteiger partial charge is 2.00 e. The number of rotatable bonds is 8. The zero-order valence-corrected chi connectivity index (χ0v) is 21.5. The van der Waals surface area contributed by atoms with Gasteiger partial charge in [-0.05, 0) is 47.5 Å². The average Bonchev–Trinajstić information content (AvgIpc) is 2.72. The fourth-order valence-corrected chi connectivity index (χ4v) is 2.26. The number of methoxy groups -OCH3 is 2. The number of aliphatic carboxylic acids is 1. The molecule has 0 heterocycles. The van der Waals surface area contributed by atoms with Crippen LogP contribution >= 0.6 is 0 Å². The second-order valence-electron chi connectivity index (χ2n) is 6.16. The zero-order chi connectivity index (χ0) is 23.4. The summed E-state index contributed by atoms with van der Waals surface area (Å²) in [6.07, 6.45) is 5.44. The van der Waals surface area contributed by atoms with E-state index in [9.17, 15) is 19.8 Å². The molecule has 172 valence electrons. The van der Waals surface area contributed by atoms with Crippen LogP contribution in [0.2, 0.25) is 0 Å². The van der Waals surface area contributed by atoms with Gasteiger partial charge in [-0.3, -0.25) is 14.4 Å². The number of hydrogen-bond donors (Lipinski definition) is 3. The Bertz CT molecular complexity index is 920. The standard InChI is InChI=1S/C21H20O6.C2H4O2.H2O.Zn/c1-26-20-11-14(5-9-18(20)24)3-7-16(22)13-17(23)8-4-15-6-10-19(25)21(12-15)27-2;1-2(3)4;;/h3-12,24-25H,13H2,1-2H3;1H3,(H,3,4);1H2;/q;;;+2/b7-3+,8-4+;;;. The van der Waals surface area contributed by atoms with Crippen molar-refractivity contribution in [3.05, 3.63) is 59.7 Å². The van der Waals surface area contributed by atoms with E-state index in [1.54, 1.807) is 36.4 Å². The number of ketones is 2. The number of phenolic OH excluding ortho intramolecular Hbond substituents is 2. The van der Waals surface area contributed by atoms with E-state index in [0.29, 0.717) is 22.6 Å². The first-order valence-electron chi connectivity index (χ1n) is 9.01. The van der Waals surface area contributed by atoms with Crippen molar-refractivity contribution in [2.45, 2.75) is 13.3 Å².